The Balaban J connectivity index is 2.82. The largest absolute Gasteiger partial charge is 0.478 e. The van der Waals surface area contributed by atoms with Crippen molar-refractivity contribution < 1.29 is 23.1 Å². The number of nitrogens with one attached hydrogen (secondary N) is 2. The monoisotopic (exact) mass is 356 g/mol. The molecule has 0 aliphatic carbocycles. The second kappa shape index (κ2) is 9.41. The first-order chi connectivity index (χ1) is 11.3. The minimum Gasteiger partial charge on any atom is -0.478 e. The van der Waals surface area contributed by atoms with Gasteiger partial charge in [-0.05, 0) is 38.5 Å². The number of carboxylic acids is 1. The molecule has 0 bridgehead atoms. The molecule has 1 aromatic rings. The highest BCUT2D eigenvalue weighted by molar-refractivity contribution is 7.89. The summed E-state index contributed by atoms with van der Waals surface area (Å²) in [7, 11) is -3.77. The van der Waals surface area contributed by atoms with Crippen LogP contribution in [-0.4, -0.2) is 45.3 Å². The fourth-order valence-corrected chi connectivity index (χ4v) is 2.98. The Hall–Kier alpha value is -1.90. The normalized spacial score (nSPS) is 11.5. The number of rotatable bonds is 11. The van der Waals surface area contributed by atoms with Gasteiger partial charge in [-0.1, -0.05) is 6.08 Å². The fraction of sp³-hybridized carbons (Fsp3) is 0.438. The molecule has 0 amide bonds. The second-order valence-electron chi connectivity index (χ2n) is 5.35. The Labute approximate surface area is 142 Å². The molecular weight excluding hydrogens is 332 g/mol. The lowest BCUT2D eigenvalue weighted by molar-refractivity contribution is 0.0697. The van der Waals surface area contributed by atoms with Crippen LogP contribution in [0.5, 0.6) is 0 Å². The molecule has 134 valence electrons. The quantitative estimate of drug-likeness (QED) is 0.414. The zero-order valence-electron chi connectivity index (χ0n) is 13.9. The van der Waals surface area contributed by atoms with Crippen LogP contribution in [0.15, 0.2) is 35.7 Å². The summed E-state index contributed by atoms with van der Waals surface area (Å²) in [4.78, 5) is 11.2. The fourth-order valence-electron chi connectivity index (χ4n) is 1.88. The summed E-state index contributed by atoms with van der Waals surface area (Å²) in [6.07, 6.45) is 2.20. The van der Waals surface area contributed by atoms with E-state index >= 15 is 0 Å². The number of ether oxygens (including phenoxy) is 1. The predicted molar refractivity (Wildman–Crippen MR) is 93.0 cm³/mol. The van der Waals surface area contributed by atoms with Gasteiger partial charge in [-0.2, -0.15) is 0 Å². The van der Waals surface area contributed by atoms with Crippen molar-refractivity contribution in [3.8, 4) is 0 Å². The van der Waals surface area contributed by atoms with Crippen molar-refractivity contribution in [1.29, 1.82) is 0 Å². The molecule has 0 radical (unpaired) electrons. The molecule has 0 spiro atoms. The number of aromatic carboxylic acids is 1. The summed E-state index contributed by atoms with van der Waals surface area (Å²) < 4.78 is 32.3. The van der Waals surface area contributed by atoms with Crippen LogP contribution in [0.2, 0.25) is 0 Å². The van der Waals surface area contributed by atoms with Gasteiger partial charge in [-0.25, -0.2) is 17.9 Å². The summed E-state index contributed by atoms with van der Waals surface area (Å²) in [6.45, 7) is 8.39. The molecule has 0 unspecified atom stereocenters. The number of carboxylic acid groups (broad SMARTS) is 1. The second-order valence-corrected chi connectivity index (χ2v) is 7.12. The first-order valence-corrected chi connectivity index (χ1v) is 9.09. The Kier molecular flexibility index (Phi) is 7.90. The molecule has 0 fully saturated rings. The first-order valence-electron chi connectivity index (χ1n) is 7.61. The van der Waals surface area contributed by atoms with E-state index in [1.54, 1.807) is 6.08 Å². The molecule has 0 aliphatic heterocycles. The highest BCUT2D eigenvalue weighted by atomic mass is 32.2. The summed E-state index contributed by atoms with van der Waals surface area (Å²) in [5.74, 6) is -1.20. The van der Waals surface area contributed by atoms with Crippen molar-refractivity contribution in [3.63, 3.8) is 0 Å². The third-order valence-corrected chi connectivity index (χ3v) is 4.49. The van der Waals surface area contributed by atoms with Gasteiger partial charge in [0.1, 0.15) is 0 Å². The summed E-state index contributed by atoms with van der Waals surface area (Å²) in [5, 5.41) is 12.1. The minimum atomic E-state index is -3.77. The van der Waals surface area contributed by atoms with E-state index in [0.717, 1.165) is 6.07 Å². The van der Waals surface area contributed by atoms with Gasteiger partial charge in [-0.15, -0.1) is 6.58 Å². The summed E-state index contributed by atoms with van der Waals surface area (Å²) in [5.41, 5.74) is 0.231. The molecule has 0 heterocycles. The van der Waals surface area contributed by atoms with E-state index in [9.17, 15) is 18.3 Å². The average molecular weight is 356 g/mol. The molecule has 0 saturated heterocycles. The Morgan fingerprint density at radius 2 is 2.12 bits per heavy atom. The lowest BCUT2D eigenvalue weighted by Gasteiger charge is -2.12. The van der Waals surface area contributed by atoms with Crippen molar-refractivity contribution in [3.05, 3.63) is 36.4 Å². The van der Waals surface area contributed by atoms with Gasteiger partial charge in [0.15, 0.2) is 0 Å². The van der Waals surface area contributed by atoms with Crippen molar-refractivity contribution in [2.24, 2.45) is 0 Å². The number of hydrogen-bond acceptors (Lipinski definition) is 5. The van der Waals surface area contributed by atoms with Crippen LogP contribution >= 0.6 is 0 Å². The molecule has 0 saturated carbocycles. The van der Waals surface area contributed by atoms with E-state index in [4.69, 9.17) is 4.74 Å². The predicted octanol–water partition coefficient (Wildman–Crippen LogP) is 2.08. The molecule has 8 heteroatoms. The van der Waals surface area contributed by atoms with E-state index in [1.165, 1.54) is 12.1 Å². The molecule has 1 aromatic carbocycles. The van der Waals surface area contributed by atoms with Crippen LogP contribution in [0.3, 0.4) is 0 Å². The highest BCUT2D eigenvalue weighted by Crippen LogP contribution is 2.20. The molecule has 3 N–H and O–H groups in total. The number of anilines is 1. The molecule has 0 aliphatic rings. The van der Waals surface area contributed by atoms with Crippen LogP contribution in [0.1, 0.15) is 30.6 Å². The average Bonchev–Trinajstić information content (AvgIpc) is 2.51. The third kappa shape index (κ3) is 6.31. The van der Waals surface area contributed by atoms with Gasteiger partial charge < -0.3 is 15.2 Å². The molecule has 7 nitrogen and oxygen atoms in total. The van der Waals surface area contributed by atoms with Crippen molar-refractivity contribution in [2.75, 3.05) is 25.0 Å². The van der Waals surface area contributed by atoms with E-state index in [1.807, 2.05) is 13.8 Å². The minimum absolute atomic E-state index is 0.0890. The summed E-state index contributed by atoms with van der Waals surface area (Å²) in [6, 6.07) is 3.94. The van der Waals surface area contributed by atoms with Gasteiger partial charge in [0, 0.05) is 25.4 Å². The smallest absolute Gasteiger partial charge is 0.337 e. The maximum Gasteiger partial charge on any atom is 0.337 e. The lowest BCUT2D eigenvalue weighted by Crippen LogP contribution is -2.26. The van der Waals surface area contributed by atoms with Crippen LogP contribution < -0.4 is 10.0 Å². The molecule has 1 rings (SSSR count). The lowest BCUT2D eigenvalue weighted by atomic mass is 10.2. The van der Waals surface area contributed by atoms with Crippen LogP contribution in [0.25, 0.3) is 0 Å². The number of hydrogen-bond donors (Lipinski definition) is 3. The first kappa shape index (κ1) is 20.1. The zero-order valence-corrected chi connectivity index (χ0v) is 14.7. The van der Waals surface area contributed by atoms with Gasteiger partial charge >= 0.3 is 5.97 Å². The van der Waals surface area contributed by atoms with Crippen molar-refractivity contribution in [1.82, 2.24) is 4.72 Å². The molecule has 0 aromatic heterocycles. The van der Waals surface area contributed by atoms with E-state index in [-0.39, 0.29) is 23.1 Å². The number of benzene rings is 1. The van der Waals surface area contributed by atoms with Crippen molar-refractivity contribution >= 4 is 21.7 Å². The van der Waals surface area contributed by atoms with Gasteiger partial charge in [0.05, 0.1) is 16.6 Å². The molecule has 24 heavy (non-hydrogen) atoms. The summed E-state index contributed by atoms with van der Waals surface area (Å²) >= 11 is 0. The third-order valence-electron chi connectivity index (χ3n) is 3.03. The Bertz CT molecular complexity index is 671. The van der Waals surface area contributed by atoms with Crippen LogP contribution in [0.4, 0.5) is 5.69 Å². The van der Waals surface area contributed by atoms with Crippen LogP contribution in [-0.2, 0) is 14.8 Å². The Morgan fingerprint density at radius 3 is 2.71 bits per heavy atom. The van der Waals surface area contributed by atoms with Gasteiger partial charge in [0.25, 0.3) is 0 Å². The van der Waals surface area contributed by atoms with Gasteiger partial charge in [-0.3, -0.25) is 0 Å². The van der Waals surface area contributed by atoms with E-state index in [0.29, 0.717) is 25.3 Å². The highest BCUT2D eigenvalue weighted by Gasteiger charge is 2.18. The number of carbonyl (C=O) groups is 1. The standard InChI is InChI=1S/C16H24N2O5S/c1-4-8-17-15-7-6-13(11-14(15)16(19)20)24(21,22)18-9-5-10-23-12(2)3/h4,6-7,11-12,17-18H,1,5,8-10H2,2-3H3,(H,19,20). The van der Waals surface area contributed by atoms with Crippen molar-refractivity contribution in [2.45, 2.75) is 31.3 Å². The maximum absolute atomic E-state index is 12.2. The molecular formula is C16H24N2O5S. The Morgan fingerprint density at radius 1 is 1.42 bits per heavy atom. The zero-order chi connectivity index (χ0) is 18.2. The SMILES string of the molecule is C=CCNc1ccc(S(=O)(=O)NCCCOC(C)C)cc1C(=O)O. The topological polar surface area (TPSA) is 105 Å². The van der Waals surface area contributed by atoms with E-state index in [2.05, 4.69) is 16.6 Å². The number of sulfonamides is 1. The maximum atomic E-state index is 12.2. The molecule has 0 atom stereocenters. The van der Waals surface area contributed by atoms with Crippen LogP contribution in [0, 0.1) is 0 Å². The van der Waals surface area contributed by atoms with Gasteiger partial charge in [0.2, 0.25) is 10.0 Å². The van der Waals surface area contributed by atoms with E-state index < -0.39 is 16.0 Å².